The topological polar surface area (TPSA) is 12.0 Å². The summed E-state index contributed by atoms with van der Waals surface area (Å²) in [5.74, 6) is -1.20. The third kappa shape index (κ3) is 3.32. The van der Waals surface area contributed by atoms with Gasteiger partial charge in [-0.3, -0.25) is 0 Å². The van der Waals surface area contributed by atoms with Gasteiger partial charge in [0.15, 0.2) is 0 Å². The van der Waals surface area contributed by atoms with Gasteiger partial charge in [0.05, 0.1) is 10.2 Å². The van der Waals surface area contributed by atoms with Crippen molar-refractivity contribution in [3.8, 4) is 0 Å². The molecule has 1 nitrogen and oxygen atoms in total. The molecule has 2 aromatic rings. The minimum Gasteiger partial charge on any atom is -0.379 e. The third-order valence-corrected chi connectivity index (χ3v) is 3.67. The zero-order valence-electron chi connectivity index (χ0n) is 10.7. The van der Waals surface area contributed by atoms with E-state index in [1.165, 1.54) is 17.2 Å². The molecule has 0 aliphatic heterocycles. The molecule has 4 heteroatoms. The standard InChI is InChI=1S/C15H14BrF2N/c1-9-3-4-11(5-10(9)2)8-19-15-6-12(16)13(17)7-14(15)18/h3-7,19H,8H2,1-2H3. The van der Waals surface area contributed by atoms with Crippen molar-refractivity contribution in [3.63, 3.8) is 0 Å². The molecule has 19 heavy (non-hydrogen) atoms. The Morgan fingerprint density at radius 2 is 1.74 bits per heavy atom. The van der Waals surface area contributed by atoms with Crippen molar-refractivity contribution in [3.05, 3.63) is 63.1 Å². The van der Waals surface area contributed by atoms with Crippen molar-refractivity contribution in [2.45, 2.75) is 20.4 Å². The van der Waals surface area contributed by atoms with E-state index in [0.717, 1.165) is 11.6 Å². The molecule has 0 aliphatic carbocycles. The van der Waals surface area contributed by atoms with Crippen LogP contribution in [-0.2, 0) is 6.54 Å². The number of anilines is 1. The highest BCUT2D eigenvalue weighted by Crippen LogP contribution is 2.24. The van der Waals surface area contributed by atoms with Gasteiger partial charge in [-0.05, 0) is 52.5 Å². The Morgan fingerprint density at radius 1 is 1.00 bits per heavy atom. The first kappa shape index (κ1) is 14.0. The van der Waals surface area contributed by atoms with Crippen molar-refractivity contribution in [1.82, 2.24) is 0 Å². The summed E-state index contributed by atoms with van der Waals surface area (Å²) in [6.45, 7) is 4.58. The van der Waals surface area contributed by atoms with Crippen LogP contribution in [0.3, 0.4) is 0 Å². The summed E-state index contributed by atoms with van der Waals surface area (Å²) in [6, 6.07) is 8.35. The zero-order chi connectivity index (χ0) is 14.0. The van der Waals surface area contributed by atoms with Gasteiger partial charge in [0.2, 0.25) is 0 Å². The van der Waals surface area contributed by atoms with Crippen LogP contribution < -0.4 is 5.32 Å². The highest BCUT2D eigenvalue weighted by Gasteiger charge is 2.08. The Morgan fingerprint density at radius 3 is 2.42 bits per heavy atom. The molecule has 0 fully saturated rings. The van der Waals surface area contributed by atoms with Crippen molar-refractivity contribution in [2.24, 2.45) is 0 Å². The minimum absolute atomic E-state index is 0.247. The Balaban J connectivity index is 2.14. The summed E-state index contributed by atoms with van der Waals surface area (Å²) in [6.07, 6.45) is 0. The fourth-order valence-electron chi connectivity index (χ4n) is 1.77. The Hall–Kier alpha value is -1.42. The van der Waals surface area contributed by atoms with E-state index >= 15 is 0 Å². The Labute approximate surface area is 119 Å². The molecule has 0 saturated heterocycles. The van der Waals surface area contributed by atoms with Crippen LogP contribution in [0.1, 0.15) is 16.7 Å². The molecule has 0 aliphatic rings. The van der Waals surface area contributed by atoms with Crippen LogP contribution in [-0.4, -0.2) is 0 Å². The number of benzene rings is 2. The highest BCUT2D eigenvalue weighted by molar-refractivity contribution is 9.10. The number of aryl methyl sites for hydroxylation is 2. The Kier molecular flexibility index (Phi) is 4.20. The summed E-state index contributed by atoms with van der Waals surface area (Å²) < 4.78 is 26.9. The van der Waals surface area contributed by atoms with E-state index in [4.69, 9.17) is 0 Å². The predicted molar refractivity (Wildman–Crippen MR) is 77.3 cm³/mol. The van der Waals surface area contributed by atoms with E-state index in [9.17, 15) is 8.78 Å². The van der Waals surface area contributed by atoms with Crippen LogP contribution >= 0.6 is 15.9 Å². The van der Waals surface area contributed by atoms with Crippen LogP contribution in [0.5, 0.6) is 0 Å². The summed E-state index contributed by atoms with van der Waals surface area (Å²) in [7, 11) is 0. The predicted octanol–water partition coefficient (Wildman–Crippen LogP) is 4.96. The number of rotatable bonds is 3. The lowest BCUT2D eigenvalue weighted by molar-refractivity contribution is 0.580. The number of halogens is 3. The van der Waals surface area contributed by atoms with Gasteiger partial charge < -0.3 is 5.32 Å². The molecule has 2 rings (SSSR count). The van der Waals surface area contributed by atoms with Gasteiger partial charge in [0.25, 0.3) is 0 Å². The summed E-state index contributed by atoms with van der Waals surface area (Å²) in [4.78, 5) is 0. The second kappa shape index (κ2) is 5.70. The largest absolute Gasteiger partial charge is 0.379 e. The molecule has 0 atom stereocenters. The van der Waals surface area contributed by atoms with Gasteiger partial charge >= 0.3 is 0 Å². The summed E-state index contributed by atoms with van der Waals surface area (Å²) >= 11 is 3.05. The van der Waals surface area contributed by atoms with Gasteiger partial charge in [0.1, 0.15) is 11.6 Å². The maximum Gasteiger partial charge on any atom is 0.149 e. The molecule has 0 spiro atoms. The van der Waals surface area contributed by atoms with Crippen molar-refractivity contribution in [1.29, 1.82) is 0 Å². The van der Waals surface area contributed by atoms with E-state index in [1.807, 2.05) is 26.0 Å². The molecule has 100 valence electrons. The van der Waals surface area contributed by atoms with Gasteiger partial charge in [-0.1, -0.05) is 18.2 Å². The summed E-state index contributed by atoms with van der Waals surface area (Å²) in [5.41, 5.74) is 3.76. The van der Waals surface area contributed by atoms with E-state index < -0.39 is 11.6 Å². The first-order valence-electron chi connectivity index (χ1n) is 5.92. The van der Waals surface area contributed by atoms with Crippen LogP contribution in [0, 0.1) is 25.5 Å². The maximum absolute atomic E-state index is 13.6. The average Bonchev–Trinajstić information content (AvgIpc) is 2.36. The molecule has 0 heterocycles. The van der Waals surface area contributed by atoms with E-state index in [0.29, 0.717) is 6.54 Å². The number of hydrogen-bond acceptors (Lipinski definition) is 1. The number of nitrogens with one attached hydrogen (secondary N) is 1. The molecule has 2 aromatic carbocycles. The Bertz CT molecular complexity index is 611. The second-order valence-corrected chi connectivity index (χ2v) is 5.37. The molecule has 0 amide bonds. The van der Waals surface area contributed by atoms with Gasteiger partial charge in [0, 0.05) is 12.6 Å². The molecule has 0 aromatic heterocycles. The fourth-order valence-corrected chi connectivity index (χ4v) is 2.11. The molecule has 0 unspecified atom stereocenters. The van der Waals surface area contributed by atoms with Crippen LogP contribution in [0.4, 0.5) is 14.5 Å². The third-order valence-electron chi connectivity index (χ3n) is 3.06. The lowest BCUT2D eigenvalue weighted by atomic mass is 10.1. The zero-order valence-corrected chi connectivity index (χ0v) is 12.3. The van der Waals surface area contributed by atoms with E-state index in [2.05, 4.69) is 27.3 Å². The average molecular weight is 326 g/mol. The van der Waals surface area contributed by atoms with E-state index in [1.54, 1.807) is 0 Å². The van der Waals surface area contributed by atoms with Gasteiger partial charge in [-0.25, -0.2) is 8.78 Å². The SMILES string of the molecule is Cc1ccc(CNc2cc(Br)c(F)cc2F)cc1C. The van der Waals surface area contributed by atoms with Crippen molar-refractivity contribution < 1.29 is 8.78 Å². The van der Waals surface area contributed by atoms with Gasteiger partial charge in [-0.15, -0.1) is 0 Å². The number of hydrogen-bond donors (Lipinski definition) is 1. The molecule has 1 N–H and O–H groups in total. The smallest absolute Gasteiger partial charge is 0.149 e. The molecule has 0 radical (unpaired) electrons. The van der Waals surface area contributed by atoms with Crippen LogP contribution in [0.15, 0.2) is 34.8 Å². The van der Waals surface area contributed by atoms with Gasteiger partial charge in [-0.2, -0.15) is 0 Å². The lowest BCUT2D eigenvalue weighted by Gasteiger charge is -2.10. The van der Waals surface area contributed by atoms with E-state index in [-0.39, 0.29) is 10.2 Å². The van der Waals surface area contributed by atoms with Crippen LogP contribution in [0.25, 0.3) is 0 Å². The highest BCUT2D eigenvalue weighted by atomic mass is 79.9. The first-order chi connectivity index (χ1) is 8.97. The van der Waals surface area contributed by atoms with Crippen molar-refractivity contribution in [2.75, 3.05) is 5.32 Å². The summed E-state index contributed by atoms with van der Waals surface area (Å²) in [5, 5.41) is 2.97. The second-order valence-electron chi connectivity index (χ2n) is 4.52. The maximum atomic E-state index is 13.6. The minimum atomic E-state index is -0.603. The fraction of sp³-hybridized carbons (Fsp3) is 0.200. The monoisotopic (exact) mass is 325 g/mol. The molecular weight excluding hydrogens is 312 g/mol. The quantitative estimate of drug-likeness (QED) is 0.787. The molecule has 0 bridgehead atoms. The molecule has 0 saturated carbocycles. The normalized spacial score (nSPS) is 10.6. The van der Waals surface area contributed by atoms with Crippen molar-refractivity contribution >= 4 is 21.6 Å². The lowest BCUT2D eigenvalue weighted by Crippen LogP contribution is -2.02. The van der Waals surface area contributed by atoms with Crippen LogP contribution in [0.2, 0.25) is 0 Å². The first-order valence-corrected chi connectivity index (χ1v) is 6.71. The molecular formula is C15H14BrF2N.